The van der Waals surface area contributed by atoms with Gasteiger partial charge in [0.1, 0.15) is 0 Å². The SMILES string of the molecule is CC12CCC(O)CC1=CCC1C2CCC2(C)C1CC[C@@H]2C[C@@H](O)CC1CCCC1. The van der Waals surface area contributed by atoms with Gasteiger partial charge in [-0.1, -0.05) is 51.2 Å². The number of hydrogen-bond acceptors (Lipinski definition) is 2. The molecule has 0 aromatic rings. The highest BCUT2D eigenvalue weighted by atomic mass is 16.3. The third kappa shape index (κ3) is 3.45. The van der Waals surface area contributed by atoms with E-state index in [1.54, 1.807) is 5.57 Å². The molecule has 0 amide bonds. The number of aliphatic hydroxyl groups excluding tert-OH is 2. The topological polar surface area (TPSA) is 40.5 Å². The van der Waals surface area contributed by atoms with Crippen LogP contribution in [-0.4, -0.2) is 22.4 Å². The van der Waals surface area contributed by atoms with Crippen molar-refractivity contribution < 1.29 is 10.2 Å². The lowest BCUT2D eigenvalue weighted by molar-refractivity contribution is -0.0561. The maximum atomic E-state index is 10.9. The molecule has 0 bridgehead atoms. The summed E-state index contributed by atoms with van der Waals surface area (Å²) in [5, 5.41) is 21.1. The van der Waals surface area contributed by atoms with E-state index < -0.39 is 0 Å². The van der Waals surface area contributed by atoms with Crippen molar-refractivity contribution in [2.75, 3.05) is 0 Å². The first-order valence-electron chi connectivity index (χ1n) is 13.0. The van der Waals surface area contributed by atoms with Gasteiger partial charge >= 0.3 is 0 Å². The van der Waals surface area contributed by atoms with Crippen molar-refractivity contribution in [3.63, 3.8) is 0 Å². The second-order valence-electron chi connectivity index (χ2n) is 12.3. The van der Waals surface area contributed by atoms with Gasteiger partial charge in [-0.25, -0.2) is 0 Å². The van der Waals surface area contributed by atoms with E-state index in [9.17, 15) is 10.2 Å². The minimum atomic E-state index is -0.100. The summed E-state index contributed by atoms with van der Waals surface area (Å²) in [7, 11) is 0. The van der Waals surface area contributed by atoms with Crippen molar-refractivity contribution in [3.05, 3.63) is 11.6 Å². The lowest BCUT2D eigenvalue weighted by Crippen LogP contribution is -2.50. The van der Waals surface area contributed by atoms with E-state index in [0.29, 0.717) is 10.8 Å². The van der Waals surface area contributed by atoms with Crippen LogP contribution in [0.5, 0.6) is 0 Å². The maximum absolute atomic E-state index is 10.9. The predicted octanol–water partition coefficient (Wildman–Crippen LogP) is 6.26. The quantitative estimate of drug-likeness (QED) is 0.547. The molecule has 8 atom stereocenters. The van der Waals surface area contributed by atoms with Gasteiger partial charge in [-0.05, 0) is 105 Å². The number of aliphatic hydroxyl groups is 2. The van der Waals surface area contributed by atoms with E-state index in [-0.39, 0.29) is 12.2 Å². The van der Waals surface area contributed by atoms with Crippen LogP contribution in [0.2, 0.25) is 0 Å². The molecule has 0 radical (unpaired) electrons. The molecule has 0 aliphatic heterocycles. The summed E-state index contributed by atoms with van der Waals surface area (Å²) >= 11 is 0. The molecule has 2 heteroatoms. The lowest BCUT2D eigenvalue weighted by Gasteiger charge is -2.58. The van der Waals surface area contributed by atoms with Gasteiger partial charge in [0.2, 0.25) is 0 Å². The van der Waals surface area contributed by atoms with E-state index in [1.165, 1.54) is 64.2 Å². The normalized spacial score (nSPS) is 48.6. The molecule has 0 aromatic carbocycles. The standard InChI is InChI=1S/C27H44O2/c1-26-13-11-21(28)16-19(26)7-9-23-24-10-8-20(27(24,2)14-12-25(23)26)17-22(29)15-18-5-3-4-6-18/h7,18,20-25,28-29H,3-6,8-17H2,1-2H3/t20-,21?,22+,23?,24?,25?,26?,27?/m1/s1. The van der Waals surface area contributed by atoms with Crippen LogP contribution in [-0.2, 0) is 0 Å². The van der Waals surface area contributed by atoms with Crippen LogP contribution in [0.25, 0.3) is 0 Å². The van der Waals surface area contributed by atoms with Gasteiger partial charge < -0.3 is 10.2 Å². The van der Waals surface area contributed by atoms with Crippen LogP contribution in [0.1, 0.15) is 104 Å². The molecular weight excluding hydrogens is 356 g/mol. The van der Waals surface area contributed by atoms with Gasteiger partial charge in [0.05, 0.1) is 12.2 Å². The van der Waals surface area contributed by atoms with Gasteiger partial charge in [0.25, 0.3) is 0 Å². The molecule has 5 rings (SSSR count). The van der Waals surface area contributed by atoms with Gasteiger partial charge in [0, 0.05) is 0 Å². The van der Waals surface area contributed by atoms with Crippen molar-refractivity contribution in [2.45, 2.75) is 116 Å². The Hall–Kier alpha value is -0.340. The Labute approximate surface area is 178 Å². The van der Waals surface area contributed by atoms with Gasteiger partial charge in [0.15, 0.2) is 0 Å². The summed E-state index contributed by atoms with van der Waals surface area (Å²) < 4.78 is 0. The highest BCUT2D eigenvalue weighted by Gasteiger charge is 2.58. The average molecular weight is 401 g/mol. The third-order valence-corrected chi connectivity index (χ3v) is 10.9. The summed E-state index contributed by atoms with van der Waals surface area (Å²) in [5.41, 5.74) is 2.39. The van der Waals surface area contributed by atoms with Gasteiger partial charge in [-0.3, -0.25) is 0 Å². The minimum Gasteiger partial charge on any atom is -0.393 e. The molecule has 29 heavy (non-hydrogen) atoms. The van der Waals surface area contributed by atoms with Crippen molar-refractivity contribution in [1.82, 2.24) is 0 Å². The van der Waals surface area contributed by atoms with Crippen LogP contribution in [0.15, 0.2) is 11.6 Å². The molecule has 4 saturated carbocycles. The Morgan fingerprint density at radius 3 is 2.55 bits per heavy atom. The average Bonchev–Trinajstić information content (AvgIpc) is 3.30. The van der Waals surface area contributed by atoms with Crippen LogP contribution in [0, 0.1) is 40.4 Å². The fourth-order valence-electron chi connectivity index (χ4n) is 9.19. The molecular formula is C27H44O2. The Morgan fingerprint density at radius 1 is 0.966 bits per heavy atom. The van der Waals surface area contributed by atoms with Crippen molar-refractivity contribution >= 4 is 0 Å². The van der Waals surface area contributed by atoms with Crippen LogP contribution in [0.4, 0.5) is 0 Å². The molecule has 0 spiro atoms. The second-order valence-corrected chi connectivity index (χ2v) is 12.3. The summed E-state index contributed by atoms with van der Waals surface area (Å²) in [6.45, 7) is 5.13. The van der Waals surface area contributed by atoms with E-state index >= 15 is 0 Å². The Morgan fingerprint density at radius 2 is 1.76 bits per heavy atom. The fourth-order valence-corrected chi connectivity index (χ4v) is 9.19. The predicted molar refractivity (Wildman–Crippen MR) is 118 cm³/mol. The first-order chi connectivity index (χ1) is 13.9. The van der Waals surface area contributed by atoms with Crippen molar-refractivity contribution in [3.8, 4) is 0 Å². The number of rotatable bonds is 4. The fraction of sp³-hybridized carbons (Fsp3) is 0.926. The minimum absolute atomic E-state index is 0.0633. The smallest absolute Gasteiger partial charge is 0.0577 e. The number of allylic oxidation sites excluding steroid dienone is 1. The molecule has 0 heterocycles. The van der Waals surface area contributed by atoms with E-state index in [4.69, 9.17) is 0 Å². The number of hydrogen-bond donors (Lipinski definition) is 2. The van der Waals surface area contributed by atoms with Crippen LogP contribution >= 0.6 is 0 Å². The first-order valence-corrected chi connectivity index (χ1v) is 13.0. The van der Waals surface area contributed by atoms with Gasteiger partial charge in [-0.2, -0.15) is 0 Å². The summed E-state index contributed by atoms with van der Waals surface area (Å²) in [6.07, 6.45) is 19.8. The summed E-state index contributed by atoms with van der Waals surface area (Å²) in [6, 6.07) is 0. The number of fused-ring (bicyclic) bond motifs is 5. The first kappa shape index (κ1) is 20.6. The molecule has 2 nitrogen and oxygen atoms in total. The zero-order chi connectivity index (χ0) is 20.2. The van der Waals surface area contributed by atoms with E-state index in [2.05, 4.69) is 19.9 Å². The second kappa shape index (κ2) is 7.66. The molecule has 0 aromatic heterocycles. The molecule has 6 unspecified atom stereocenters. The summed E-state index contributed by atoms with van der Waals surface area (Å²) in [5.74, 6) is 4.06. The monoisotopic (exact) mass is 400 g/mol. The largest absolute Gasteiger partial charge is 0.393 e. The van der Waals surface area contributed by atoms with E-state index in [1.807, 2.05) is 0 Å². The van der Waals surface area contributed by atoms with Gasteiger partial charge in [-0.15, -0.1) is 0 Å². The Balaban J connectivity index is 1.29. The molecule has 4 fully saturated rings. The zero-order valence-electron chi connectivity index (χ0n) is 18.9. The Kier molecular flexibility index (Phi) is 5.43. The maximum Gasteiger partial charge on any atom is 0.0577 e. The molecule has 5 aliphatic rings. The molecule has 5 aliphatic carbocycles. The zero-order valence-corrected chi connectivity index (χ0v) is 18.9. The lowest BCUT2D eigenvalue weighted by atomic mass is 9.47. The summed E-state index contributed by atoms with van der Waals surface area (Å²) in [4.78, 5) is 0. The molecule has 0 saturated heterocycles. The van der Waals surface area contributed by atoms with E-state index in [0.717, 1.165) is 55.3 Å². The van der Waals surface area contributed by atoms with Crippen LogP contribution < -0.4 is 0 Å². The molecule has 2 N–H and O–H groups in total. The van der Waals surface area contributed by atoms with Crippen LogP contribution in [0.3, 0.4) is 0 Å². The Bertz CT molecular complexity index is 634. The molecule has 164 valence electrons. The van der Waals surface area contributed by atoms with Crippen molar-refractivity contribution in [1.29, 1.82) is 0 Å². The highest BCUT2D eigenvalue weighted by molar-refractivity contribution is 5.25. The highest BCUT2D eigenvalue weighted by Crippen LogP contribution is 2.66. The third-order valence-electron chi connectivity index (χ3n) is 10.9. The van der Waals surface area contributed by atoms with Crippen molar-refractivity contribution in [2.24, 2.45) is 40.4 Å².